The third-order valence-corrected chi connectivity index (χ3v) is 4.33. The quantitative estimate of drug-likeness (QED) is 0.482. The molecule has 0 heterocycles. The fraction of sp³-hybridized carbons (Fsp3) is 0.0870. The predicted octanol–water partition coefficient (Wildman–Crippen LogP) is 4.70. The normalized spacial score (nSPS) is 11.1. The molecule has 0 saturated carbocycles. The van der Waals surface area contributed by atoms with Crippen LogP contribution in [0.3, 0.4) is 0 Å². The number of phenols is 1. The van der Waals surface area contributed by atoms with E-state index < -0.39 is 5.97 Å². The molecule has 0 atom stereocenters. The molecule has 0 saturated heterocycles. The highest BCUT2D eigenvalue weighted by Crippen LogP contribution is 2.33. The highest BCUT2D eigenvalue weighted by molar-refractivity contribution is 6.21. The van der Waals surface area contributed by atoms with E-state index in [1.54, 1.807) is 38.5 Å². The molecule has 5 nitrogen and oxygen atoms in total. The summed E-state index contributed by atoms with van der Waals surface area (Å²) in [6, 6.07) is 19.1. The van der Waals surface area contributed by atoms with Crippen LogP contribution in [-0.4, -0.2) is 30.4 Å². The van der Waals surface area contributed by atoms with E-state index in [9.17, 15) is 15.0 Å². The zero-order chi connectivity index (χ0) is 20.1. The van der Waals surface area contributed by atoms with Crippen LogP contribution in [0, 0.1) is 0 Å². The number of ether oxygens (including phenoxy) is 2. The van der Waals surface area contributed by atoms with Crippen molar-refractivity contribution in [2.75, 3.05) is 14.2 Å². The smallest absolute Gasteiger partial charge is 0.336 e. The van der Waals surface area contributed by atoms with Gasteiger partial charge in [-0.3, -0.25) is 0 Å². The second kappa shape index (κ2) is 8.31. The number of hydrogen-bond donors (Lipinski definition) is 2. The molecule has 2 N–H and O–H groups in total. The summed E-state index contributed by atoms with van der Waals surface area (Å²) in [4.78, 5) is 11.9. The third kappa shape index (κ3) is 4.15. The van der Waals surface area contributed by atoms with Crippen molar-refractivity contribution in [2.24, 2.45) is 0 Å². The molecule has 5 heteroatoms. The Morgan fingerprint density at radius 3 is 2.07 bits per heavy atom. The minimum absolute atomic E-state index is 0.0809. The van der Waals surface area contributed by atoms with E-state index in [0.29, 0.717) is 17.1 Å². The number of aromatic hydroxyl groups is 1. The molecule has 0 fully saturated rings. The van der Waals surface area contributed by atoms with Crippen molar-refractivity contribution in [3.63, 3.8) is 0 Å². The topological polar surface area (TPSA) is 76.0 Å². The number of aliphatic carboxylic acids is 1. The van der Waals surface area contributed by atoms with Gasteiger partial charge in [0, 0.05) is 6.07 Å². The first-order chi connectivity index (χ1) is 13.5. The van der Waals surface area contributed by atoms with E-state index >= 15 is 0 Å². The first-order valence-corrected chi connectivity index (χ1v) is 8.58. The predicted molar refractivity (Wildman–Crippen MR) is 109 cm³/mol. The summed E-state index contributed by atoms with van der Waals surface area (Å²) in [5.74, 6) is 0.316. The maximum atomic E-state index is 11.9. The molecule has 0 aliphatic rings. The SMILES string of the molecule is COc1cc(OC)cc(-c2ccccc2C=C(C(=O)O)c2ccc(O)cc2)c1. The molecule has 0 radical (unpaired) electrons. The van der Waals surface area contributed by atoms with Crippen LogP contribution in [0.25, 0.3) is 22.8 Å². The minimum Gasteiger partial charge on any atom is -0.508 e. The van der Waals surface area contributed by atoms with Crippen LogP contribution in [-0.2, 0) is 4.79 Å². The Kier molecular flexibility index (Phi) is 5.65. The number of rotatable bonds is 6. The van der Waals surface area contributed by atoms with Crippen LogP contribution in [0.2, 0.25) is 0 Å². The zero-order valence-electron chi connectivity index (χ0n) is 15.5. The summed E-state index contributed by atoms with van der Waals surface area (Å²) in [5.41, 5.74) is 3.06. The largest absolute Gasteiger partial charge is 0.508 e. The van der Waals surface area contributed by atoms with Crippen molar-refractivity contribution >= 4 is 17.6 Å². The second-order valence-electron chi connectivity index (χ2n) is 6.10. The molecule has 0 spiro atoms. The van der Waals surface area contributed by atoms with E-state index in [1.807, 2.05) is 36.4 Å². The van der Waals surface area contributed by atoms with E-state index in [0.717, 1.165) is 16.7 Å². The van der Waals surface area contributed by atoms with Gasteiger partial charge in [0.15, 0.2) is 0 Å². The van der Waals surface area contributed by atoms with Crippen molar-refractivity contribution in [1.29, 1.82) is 0 Å². The summed E-state index contributed by atoms with van der Waals surface area (Å²) in [5, 5.41) is 19.2. The molecule has 0 aliphatic heterocycles. The number of hydrogen-bond acceptors (Lipinski definition) is 4. The molecule has 3 aromatic carbocycles. The van der Waals surface area contributed by atoms with Crippen molar-refractivity contribution in [3.8, 4) is 28.4 Å². The van der Waals surface area contributed by atoms with Crippen LogP contribution >= 0.6 is 0 Å². The zero-order valence-corrected chi connectivity index (χ0v) is 15.5. The Morgan fingerprint density at radius 1 is 0.893 bits per heavy atom. The summed E-state index contributed by atoms with van der Waals surface area (Å²) in [6.07, 6.45) is 1.62. The van der Waals surface area contributed by atoms with Gasteiger partial charge in [0.05, 0.1) is 19.8 Å². The monoisotopic (exact) mass is 376 g/mol. The number of carbonyl (C=O) groups is 1. The van der Waals surface area contributed by atoms with Crippen molar-refractivity contribution in [2.45, 2.75) is 0 Å². The first-order valence-electron chi connectivity index (χ1n) is 8.58. The molecule has 3 aromatic rings. The second-order valence-corrected chi connectivity index (χ2v) is 6.10. The molecule has 28 heavy (non-hydrogen) atoms. The summed E-state index contributed by atoms with van der Waals surface area (Å²) < 4.78 is 10.7. The standard InChI is InChI=1S/C23H20O5/c1-27-19-11-17(12-20(14-19)28-2)21-6-4-3-5-16(21)13-22(23(25)26)15-7-9-18(24)10-8-15/h3-14,24H,1-2H3,(H,25,26). The van der Waals surface area contributed by atoms with Crippen LogP contribution in [0.1, 0.15) is 11.1 Å². The van der Waals surface area contributed by atoms with Gasteiger partial charge in [-0.25, -0.2) is 4.79 Å². The van der Waals surface area contributed by atoms with Gasteiger partial charge in [-0.15, -0.1) is 0 Å². The van der Waals surface area contributed by atoms with Gasteiger partial charge in [-0.1, -0.05) is 36.4 Å². The van der Waals surface area contributed by atoms with Crippen molar-refractivity contribution < 1.29 is 24.5 Å². The Bertz CT molecular complexity index is 997. The summed E-state index contributed by atoms with van der Waals surface area (Å²) in [7, 11) is 3.16. The summed E-state index contributed by atoms with van der Waals surface area (Å²) >= 11 is 0. The molecular formula is C23H20O5. The van der Waals surface area contributed by atoms with Gasteiger partial charge in [0.25, 0.3) is 0 Å². The van der Waals surface area contributed by atoms with Crippen LogP contribution in [0.4, 0.5) is 0 Å². The molecular weight excluding hydrogens is 356 g/mol. The Balaban J connectivity index is 2.15. The van der Waals surface area contributed by atoms with E-state index in [-0.39, 0.29) is 11.3 Å². The maximum absolute atomic E-state index is 11.9. The van der Waals surface area contributed by atoms with Gasteiger partial charge in [-0.2, -0.15) is 0 Å². The van der Waals surface area contributed by atoms with Crippen LogP contribution in [0.5, 0.6) is 17.2 Å². The number of phenolic OH excluding ortho intramolecular Hbond substituents is 1. The van der Waals surface area contributed by atoms with Crippen molar-refractivity contribution in [3.05, 3.63) is 77.9 Å². The Hall–Kier alpha value is -3.73. The van der Waals surface area contributed by atoms with Gasteiger partial charge < -0.3 is 19.7 Å². The maximum Gasteiger partial charge on any atom is 0.336 e. The fourth-order valence-corrected chi connectivity index (χ4v) is 2.91. The van der Waals surface area contributed by atoms with Gasteiger partial charge >= 0.3 is 5.97 Å². The number of carboxylic acid groups (broad SMARTS) is 1. The third-order valence-electron chi connectivity index (χ3n) is 4.33. The lowest BCUT2D eigenvalue weighted by Gasteiger charge is -2.12. The van der Waals surface area contributed by atoms with Crippen LogP contribution < -0.4 is 9.47 Å². The Labute approximate surface area is 163 Å². The molecule has 0 aromatic heterocycles. The molecule has 0 aliphatic carbocycles. The first kappa shape index (κ1) is 19.0. The lowest BCUT2D eigenvalue weighted by Crippen LogP contribution is -2.00. The molecule has 142 valence electrons. The minimum atomic E-state index is -1.05. The van der Waals surface area contributed by atoms with E-state index in [1.165, 1.54) is 12.1 Å². The van der Waals surface area contributed by atoms with Gasteiger partial charge in [0.1, 0.15) is 17.2 Å². The van der Waals surface area contributed by atoms with Gasteiger partial charge in [-0.05, 0) is 52.6 Å². The van der Waals surface area contributed by atoms with Crippen molar-refractivity contribution in [1.82, 2.24) is 0 Å². The van der Waals surface area contributed by atoms with E-state index in [4.69, 9.17) is 9.47 Å². The average molecular weight is 376 g/mol. The van der Waals surface area contributed by atoms with E-state index in [2.05, 4.69) is 0 Å². The fourth-order valence-electron chi connectivity index (χ4n) is 2.91. The number of methoxy groups -OCH3 is 2. The Morgan fingerprint density at radius 2 is 1.50 bits per heavy atom. The molecule has 0 amide bonds. The average Bonchev–Trinajstić information content (AvgIpc) is 2.72. The van der Waals surface area contributed by atoms with Crippen LogP contribution in [0.15, 0.2) is 66.7 Å². The van der Waals surface area contributed by atoms with Gasteiger partial charge in [0.2, 0.25) is 0 Å². The highest BCUT2D eigenvalue weighted by Gasteiger charge is 2.13. The molecule has 0 unspecified atom stereocenters. The number of benzene rings is 3. The molecule has 3 rings (SSSR count). The molecule has 0 bridgehead atoms. The lowest BCUT2D eigenvalue weighted by molar-refractivity contribution is -0.130. The summed E-state index contributed by atoms with van der Waals surface area (Å²) in [6.45, 7) is 0. The number of carboxylic acids is 1. The highest BCUT2D eigenvalue weighted by atomic mass is 16.5. The lowest BCUT2D eigenvalue weighted by atomic mass is 9.95.